The van der Waals surface area contributed by atoms with Crippen LogP contribution in [0.3, 0.4) is 0 Å². The van der Waals surface area contributed by atoms with E-state index in [4.69, 9.17) is 14.2 Å². The molecule has 6 aromatic rings. The lowest BCUT2D eigenvalue weighted by molar-refractivity contribution is 0.263. The van der Waals surface area contributed by atoms with Crippen LogP contribution in [0, 0.1) is 20.8 Å². The summed E-state index contributed by atoms with van der Waals surface area (Å²) in [5.74, 6) is 3.32. The quantitative estimate of drug-likeness (QED) is 0.116. The average Bonchev–Trinajstić information content (AvgIpc) is 3.95. The molecule has 0 saturated carbocycles. The van der Waals surface area contributed by atoms with E-state index in [2.05, 4.69) is 24.8 Å². The van der Waals surface area contributed by atoms with E-state index in [1.807, 2.05) is 87.5 Å². The molecule has 0 unspecified atom stereocenters. The van der Waals surface area contributed by atoms with Crippen molar-refractivity contribution in [2.75, 3.05) is 59.6 Å². The zero-order valence-corrected chi connectivity index (χ0v) is 33.6. The summed E-state index contributed by atoms with van der Waals surface area (Å²) in [7, 11) is 1.53. The lowest BCUT2D eigenvalue weighted by Crippen LogP contribution is -2.23. The molecule has 2 fully saturated rings. The Hall–Kier alpha value is -5.59. The predicted octanol–water partition coefficient (Wildman–Crippen LogP) is 6.83. The van der Waals surface area contributed by atoms with Crippen LogP contribution in [-0.2, 0) is 0 Å². The number of likely N-dealkylation sites (tertiary alicyclic amines) is 2. The van der Waals surface area contributed by atoms with Gasteiger partial charge in [-0.15, -0.1) is 0 Å². The van der Waals surface area contributed by atoms with E-state index in [0.717, 1.165) is 59.9 Å². The molecule has 0 atom stereocenters. The molecule has 3 aromatic heterocycles. The second-order valence-corrected chi connectivity index (χ2v) is 14.8. The molecular weight excluding hydrogens is 719 g/mol. The van der Waals surface area contributed by atoms with Gasteiger partial charge in [-0.3, -0.25) is 18.7 Å². The van der Waals surface area contributed by atoms with Gasteiger partial charge >= 0.3 is 0 Å². The van der Waals surface area contributed by atoms with Crippen LogP contribution in [-0.4, -0.2) is 93.5 Å². The number of pyridine rings is 1. The average molecular weight is 772 g/mol. The monoisotopic (exact) mass is 771 g/mol. The standard InChI is InChI=1S/C23H27N3O2.C22H26N4O3/c1-17-7-5-8-21-22(17)23(27)26(18(2)24-21)19-9-11-20(12-10-19)28-16-6-15-25-13-3-4-14-25;1-16-24-20-15-23-21(28-2)14-19(20)22(27)26(16)17-6-8-18(9-7-17)29-13-5-12-25-10-3-4-11-25/h5,7-12H,3-4,6,13-16H2,1-2H3;6-9,14-15H,3-5,10-13H2,1-2H3. The summed E-state index contributed by atoms with van der Waals surface area (Å²) in [6.45, 7) is 14.1. The lowest BCUT2D eigenvalue weighted by atomic mass is 10.1. The Morgan fingerprint density at radius 2 is 1.14 bits per heavy atom. The first-order valence-electron chi connectivity index (χ1n) is 20.1. The van der Waals surface area contributed by atoms with Crippen molar-refractivity contribution >= 4 is 21.8 Å². The number of nitrogens with zero attached hydrogens (tertiary/aromatic N) is 7. The fourth-order valence-corrected chi connectivity index (χ4v) is 7.76. The van der Waals surface area contributed by atoms with Crippen molar-refractivity contribution in [3.05, 3.63) is 117 Å². The molecule has 0 N–H and O–H groups in total. The maximum atomic E-state index is 13.1. The SMILES string of the molecule is COc1cc2c(=O)n(-c3ccc(OCCCN4CCCC4)cc3)c(C)nc2cn1.Cc1cccc2nc(C)n(-c3ccc(OCCCN4CCCC4)cc3)c(=O)c12. The van der Waals surface area contributed by atoms with Crippen LogP contribution < -0.4 is 25.3 Å². The third-order valence-electron chi connectivity index (χ3n) is 10.7. The second kappa shape index (κ2) is 18.6. The van der Waals surface area contributed by atoms with Crippen molar-refractivity contribution in [1.29, 1.82) is 0 Å². The van der Waals surface area contributed by atoms with Crippen LogP contribution >= 0.6 is 0 Å². The largest absolute Gasteiger partial charge is 0.494 e. The Bertz CT molecular complexity index is 2400. The summed E-state index contributed by atoms with van der Waals surface area (Å²) in [4.78, 5) is 44.4. The van der Waals surface area contributed by atoms with E-state index < -0.39 is 0 Å². The number of hydrogen-bond acceptors (Lipinski definition) is 10. The predicted molar refractivity (Wildman–Crippen MR) is 225 cm³/mol. The van der Waals surface area contributed by atoms with Crippen molar-refractivity contribution in [2.45, 2.75) is 59.3 Å². The van der Waals surface area contributed by atoms with Gasteiger partial charge in [-0.2, -0.15) is 0 Å². The highest BCUT2D eigenvalue weighted by Crippen LogP contribution is 2.21. The number of fused-ring (bicyclic) bond motifs is 2. The Morgan fingerprint density at radius 1 is 0.632 bits per heavy atom. The van der Waals surface area contributed by atoms with E-state index in [0.29, 0.717) is 47.0 Å². The number of ether oxygens (including phenoxy) is 3. The zero-order chi connectivity index (χ0) is 39.7. The van der Waals surface area contributed by atoms with Gasteiger partial charge in [0.05, 0.1) is 59.7 Å². The Morgan fingerprint density at radius 3 is 1.67 bits per heavy atom. The molecule has 8 rings (SSSR count). The minimum Gasteiger partial charge on any atom is -0.494 e. The third kappa shape index (κ3) is 9.52. The zero-order valence-electron chi connectivity index (χ0n) is 33.6. The number of methoxy groups -OCH3 is 1. The van der Waals surface area contributed by atoms with E-state index in [9.17, 15) is 9.59 Å². The molecule has 12 heteroatoms. The molecule has 0 aliphatic carbocycles. The molecule has 57 heavy (non-hydrogen) atoms. The van der Waals surface area contributed by atoms with Gasteiger partial charge in [0, 0.05) is 19.2 Å². The fourth-order valence-electron chi connectivity index (χ4n) is 7.76. The van der Waals surface area contributed by atoms with Crippen molar-refractivity contribution < 1.29 is 14.2 Å². The molecular formula is C45H53N7O5. The summed E-state index contributed by atoms with van der Waals surface area (Å²) in [6, 6.07) is 22.7. The number of rotatable bonds is 13. The Balaban J connectivity index is 0.000000174. The molecule has 298 valence electrons. The van der Waals surface area contributed by atoms with Gasteiger partial charge in [0.2, 0.25) is 5.88 Å². The van der Waals surface area contributed by atoms with Crippen LogP contribution in [0.15, 0.2) is 88.6 Å². The molecule has 5 heterocycles. The van der Waals surface area contributed by atoms with E-state index in [1.54, 1.807) is 21.4 Å². The molecule has 0 spiro atoms. The van der Waals surface area contributed by atoms with E-state index in [-0.39, 0.29) is 11.1 Å². The minimum atomic E-state index is -0.146. The minimum absolute atomic E-state index is 0.0279. The maximum absolute atomic E-state index is 13.1. The van der Waals surface area contributed by atoms with Crippen LogP contribution in [0.1, 0.15) is 55.7 Å². The molecule has 0 amide bonds. The molecule has 2 aliphatic heterocycles. The molecule has 12 nitrogen and oxygen atoms in total. The Kier molecular flexibility index (Phi) is 12.9. The van der Waals surface area contributed by atoms with Crippen LogP contribution in [0.25, 0.3) is 33.2 Å². The number of aryl methyl sites for hydroxylation is 3. The van der Waals surface area contributed by atoms with Gasteiger partial charge in [-0.05, 0) is 146 Å². The summed E-state index contributed by atoms with van der Waals surface area (Å²) in [6.07, 6.45) is 8.89. The highest BCUT2D eigenvalue weighted by Gasteiger charge is 2.15. The second-order valence-electron chi connectivity index (χ2n) is 14.8. The highest BCUT2D eigenvalue weighted by molar-refractivity contribution is 5.81. The molecule has 3 aromatic carbocycles. The molecule has 2 aliphatic rings. The topological polar surface area (TPSA) is 117 Å². The summed E-state index contributed by atoms with van der Waals surface area (Å²) < 4.78 is 20.2. The molecule has 2 saturated heterocycles. The summed E-state index contributed by atoms with van der Waals surface area (Å²) >= 11 is 0. The number of benzene rings is 3. The summed E-state index contributed by atoms with van der Waals surface area (Å²) in [5, 5.41) is 1.15. The van der Waals surface area contributed by atoms with Gasteiger partial charge in [0.25, 0.3) is 11.1 Å². The first-order chi connectivity index (χ1) is 27.8. The third-order valence-corrected chi connectivity index (χ3v) is 10.7. The number of aromatic nitrogens is 5. The Labute approximate surface area is 333 Å². The van der Waals surface area contributed by atoms with Gasteiger partial charge in [-0.25, -0.2) is 15.0 Å². The van der Waals surface area contributed by atoms with Crippen molar-refractivity contribution in [3.8, 4) is 28.8 Å². The van der Waals surface area contributed by atoms with Crippen LogP contribution in [0.4, 0.5) is 0 Å². The fraction of sp³-hybridized carbons (Fsp3) is 0.400. The van der Waals surface area contributed by atoms with Gasteiger partial charge in [0.15, 0.2) is 0 Å². The van der Waals surface area contributed by atoms with Gasteiger partial charge in [0.1, 0.15) is 23.1 Å². The lowest BCUT2D eigenvalue weighted by Gasteiger charge is -2.15. The van der Waals surface area contributed by atoms with Crippen LogP contribution in [0.2, 0.25) is 0 Å². The summed E-state index contributed by atoms with van der Waals surface area (Å²) in [5.41, 5.74) is 3.64. The van der Waals surface area contributed by atoms with Crippen molar-refractivity contribution in [3.63, 3.8) is 0 Å². The first kappa shape index (κ1) is 39.6. The van der Waals surface area contributed by atoms with Gasteiger partial charge < -0.3 is 24.0 Å². The van der Waals surface area contributed by atoms with Crippen molar-refractivity contribution in [1.82, 2.24) is 33.9 Å². The highest BCUT2D eigenvalue weighted by atomic mass is 16.5. The van der Waals surface area contributed by atoms with Crippen molar-refractivity contribution in [2.24, 2.45) is 0 Å². The number of hydrogen-bond donors (Lipinski definition) is 0. The maximum Gasteiger partial charge on any atom is 0.266 e. The van der Waals surface area contributed by atoms with Gasteiger partial charge in [-0.1, -0.05) is 12.1 Å². The van der Waals surface area contributed by atoms with E-state index in [1.165, 1.54) is 59.0 Å². The molecule has 0 bridgehead atoms. The molecule has 0 radical (unpaired) electrons. The smallest absolute Gasteiger partial charge is 0.266 e. The normalized spacial score (nSPS) is 14.5. The first-order valence-corrected chi connectivity index (χ1v) is 20.1. The van der Waals surface area contributed by atoms with E-state index >= 15 is 0 Å². The van der Waals surface area contributed by atoms with Crippen LogP contribution in [0.5, 0.6) is 17.4 Å².